The first-order valence-corrected chi connectivity index (χ1v) is 8.81. The van der Waals surface area contributed by atoms with Crippen LogP contribution >= 0.6 is 11.3 Å². The molecule has 4 rings (SSSR count). The third-order valence-electron chi connectivity index (χ3n) is 4.26. The van der Waals surface area contributed by atoms with Gasteiger partial charge in [-0.15, -0.1) is 11.3 Å². The highest BCUT2D eigenvalue weighted by atomic mass is 32.1. The number of benzene rings is 3. The van der Waals surface area contributed by atoms with Crippen molar-refractivity contribution in [2.24, 2.45) is 0 Å². The Morgan fingerprint density at radius 2 is 1.52 bits per heavy atom. The largest absolute Gasteiger partial charge is 0.354 e. The van der Waals surface area contributed by atoms with Gasteiger partial charge in [0.2, 0.25) is 0 Å². The molecule has 0 fully saturated rings. The van der Waals surface area contributed by atoms with E-state index in [4.69, 9.17) is 0 Å². The molecule has 114 valence electrons. The quantitative estimate of drug-likeness (QED) is 0.432. The fraction of sp³-hybridized carbons (Fsp3) is 0.143. The average molecular weight is 317 g/mol. The van der Waals surface area contributed by atoms with Gasteiger partial charge >= 0.3 is 0 Å². The van der Waals surface area contributed by atoms with E-state index < -0.39 is 0 Å². The van der Waals surface area contributed by atoms with Crippen LogP contribution in [-0.2, 0) is 0 Å². The summed E-state index contributed by atoms with van der Waals surface area (Å²) in [5.41, 5.74) is 3.69. The number of hydrogen-bond acceptors (Lipinski definition) is 2. The molecule has 0 bridgehead atoms. The van der Waals surface area contributed by atoms with Crippen LogP contribution in [0.1, 0.15) is 25.3 Å². The lowest BCUT2D eigenvalue weighted by Gasteiger charge is -2.10. The molecule has 0 aliphatic carbocycles. The van der Waals surface area contributed by atoms with Gasteiger partial charge in [-0.2, -0.15) is 0 Å². The fourth-order valence-electron chi connectivity index (χ4n) is 2.95. The second kappa shape index (κ2) is 5.71. The normalized spacial score (nSPS) is 11.4. The summed E-state index contributed by atoms with van der Waals surface area (Å²) < 4.78 is 2.66. The topological polar surface area (TPSA) is 12.0 Å². The molecule has 0 amide bonds. The highest BCUT2D eigenvalue weighted by molar-refractivity contribution is 7.26. The Morgan fingerprint density at radius 3 is 2.30 bits per heavy atom. The molecule has 0 saturated heterocycles. The zero-order valence-electron chi connectivity index (χ0n) is 13.3. The molecule has 1 nitrogen and oxygen atoms in total. The molecule has 0 unspecified atom stereocenters. The van der Waals surface area contributed by atoms with Crippen LogP contribution in [0, 0.1) is 0 Å². The monoisotopic (exact) mass is 317 g/mol. The molecule has 0 radical (unpaired) electrons. The molecule has 23 heavy (non-hydrogen) atoms. The van der Waals surface area contributed by atoms with E-state index in [1.807, 2.05) is 11.3 Å². The van der Waals surface area contributed by atoms with Crippen molar-refractivity contribution in [1.82, 2.24) is 0 Å². The van der Waals surface area contributed by atoms with E-state index in [9.17, 15) is 0 Å². The van der Waals surface area contributed by atoms with Gasteiger partial charge in [0.05, 0.1) is 10.4 Å². The zero-order chi connectivity index (χ0) is 15.8. The Balaban J connectivity index is 1.76. The average Bonchev–Trinajstić information content (AvgIpc) is 2.95. The molecule has 4 aromatic rings. The summed E-state index contributed by atoms with van der Waals surface area (Å²) in [5, 5.41) is 6.25. The maximum Gasteiger partial charge on any atom is 0.0590 e. The van der Waals surface area contributed by atoms with E-state index >= 15 is 0 Å². The van der Waals surface area contributed by atoms with Gasteiger partial charge in [0, 0.05) is 21.2 Å². The fourth-order valence-corrected chi connectivity index (χ4v) is 4.12. The first kappa shape index (κ1) is 14.3. The van der Waals surface area contributed by atoms with E-state index in [2.05, 4.69) is 85.9 Å². The van der Waals surface area contributed by atoms with E-state index in [0.717, 1.165) is 5.69 Å². The smallest absolute Gasteiger partial charge is 0.0590 e. The van der Waals surface area contributed by atoms with Crippen LogP contribution < -0.4 is 5.32 Å². The Bertz CT molecular complexity index is 964. The molecule has 0 aliphatic rings. The number of fused-ring (bicyclic) bond motifs is 3. The summed E-state index contributed by atoms with van der Waals surface area (Å²) in [4.78, 5) is 0. The van der Waals surface area contributed by atoms with Gasteiger partial charge < -0.3 is 5.32 Å². The first-order valence-electron chi connectivity index (χ1n) is 7.99. The minimum absolute atomic E-state index is 0.565. The van der Waals surface area contributed by atoms with Crippen LogP contribution in [-0.4, -0.2) is 0 Å². The van der Waals surface area contributed by atoms with Crippen molar-refractivity contribution in [3.63, 3.8) is 0 Å². The summed E-state index contributed by atoms with van der Waals surface area (Å²) in [6, 6.07) is 23.9. The predicted octanol–water partition coefficient (Wildman–Crippen LogP) is 6.92. The summed E-state index contributed by atoms with van der Waals surface area (Å²) in [6.07, 6.45) is 0. The van der Waals surface area contributed by atoms with E-state index in [0.29, 0.717) is 5.92 Å². The maximum atomic E-state index is 3.58. The Morgan fingerprint density at radius 1 is 0.783 bits per heavy atom. The molecule has 0 atom stereocenters. The van der Waals surface area contributed by atoms with Crippen LogP contribution in [0.3, 0.4) is 0 Å². The lowest BCUT2D eigenvalue weighted by atomic mass is 10.0. The van der Waals surface area contributed by atoms with Crippen molar-refractivity contribution in [2.75, 3.05) is 5.32 Å². The summed E-state index contributed by atoms with van der Waals surface area (Å²) >= 11 is 1.85. The highest BCUT2D eigenvalue weighted by Crippen LogP contribution is 2.38. The lowest BCUT2D eigenvalue weighted by molar-refractivity contribution is 0.867. The van der Waals surface area contributed by atoms with Gasteiger partial charge in [-0.1, -0.05) is 56.3 Å². The third kappa shape index (κ3) is 2.60. The van der Waals surface area contributed by atoms with Crippen LogP contribution in [0.25, 0.3) is 20.2 Å². The standard InChI is InChI=1S/C21H19NS/c1-14(2)15-10-12-16(13-11-15)22-19-8-5-7-18-17-6-3-4-9-20(17)23-21(18)19/h3-14,22H,1-2H3. The van der Waals surface area contributed by atoms with Crippen LogP contribution in [0.15, 0.2) is 66.7 Å². The SMILES string of the molecule is CC(C)c1ccc(Nc2cccc3c2sc2ccccc23)cc1. The summed E-state index contributed by atoms with van der Waals surface area (Å²) in [6.45, 7) is 4.45. The van der Waals surface area contributed by atoms with E-state index in [-0.39, 0.29) is 0 Å². The van der Waals surface area contributed by atoms with Crippen LogP contribution in [0.5, 0.6) is 0 Å². The van der Waals surface area contributed by atoms with Gasteiger partial charge in [-0.25, -0.2) is 0 Å². The lowest BCUT2D eigenvalue weighted by Crippen LogP contribution is -1.92. The molecule has 0 aliphatic heterocycles. The van der Waals surface area contributed by atoms with Gasteiger partial charge in [0.15, 0.2) is 0 Å². The van der Waals surface area contributed by atoms with Crippen molar-refractivity contribution in [1.29, 1.82) is 0 Å². The maximum absolute atomic E-state index is 3.58. The van der Waals surface area contributed by atoms with E-state index in [1.165, 1.54) is 31.4 Å². The number of nitrogens with one attached hydrogen (secondary N) is 1. The van der Waals surface area contributed by atoms with Crippen molar-refractivity contribution in [2.45, 2.75) is 19.8 Å². The van der Waals surface area contributed by atoms with Crippen molar-refractivity contribution < 1.29 is 0 Å². The van der Waals surface area contributed by atoms with Crippen LogP contribution in [0.2, 0.25) is 0 Å². The minimum atomic E-state index is 0.565. The van der Waals surface area contributed by atoms with Crippen LogP contribution in [0.4, 0.5) is 11.4 Å². The minimum Gasteiger partial charge on any atom is -0.354 e. The molecule has 0 spiro atoms. The molecule has 3 aromatic carbocycles. The zero-order valence-corrected chi connectivity index (χ0v) is 14.2. The molecular formula is C21H19NS. The molecule has 2 heteroatoms. The summed E-state index contributed by atoms with van der Waals surface area (Å²) in [7, 11) is 0. The number of thiophene rings is 1. The van der Waals surface area contributed by atoms with Gasteiger partial charge in [0.1, 0.15) is 0 Å². The van der Waals surface area contributed by atoms with E-state index in [1.54, 1.807) is 0 Å². The first-order chi connectivity index (χ1) is 11.2. The molecule has 1 N–H and O–H groups in total. The number of rotatable bonds is 3. The second-order valence-electron chi connectivity index (χ2n) is 6.18. The Hall–Kier alpha value is -2.32. The molecule has 0 saturated carbocycles. The van der Waals surface area contributed by atoms with Crippen molar-refractivity contribution in [3.05, 3.63) is 72.3 Å². The van der Waals surface area contributed by atoms with Crippen molar-refractivity contribution >= 4 is 42.9 Å². The van der Waals surface area contributed by atoms with Gasteiger partial charge in [-0.3, -0.25) is 0 Å². The molecule has 1 aromatic heterocycles. The highest BCUT2D eigenvalue weighted by Gasteiger charge is 2.08. The predicted molar refractivity (Wildman–Crippen MR) is 103 cm³/mol. The molecule has 1 heterocycles. The second-order valence-corrected chi connectivity index (χ2v) is 7.23. The summed E-state index contributed by atoms with van der Waals surface area (Å²) in [5.74, 6) is 0.565. The Kier molecular flexibility index (Phi) is 3.55. The number of anilines is 2. The van der Waals surface area contributed by atoms with Gasteiger partial charge in [-0.05, 0) is 35.7 Å². The van der Waals surface area contributed by atoms with Gasteiger partial charge in [0.25, 0.3) is 0 Å². The molecular weight excluding hydrogens is 298 g/mol. The number of hydrogen-bond donors (Lipinski definition) is 1. The Labute approximate surface area is 140 Å². The third-order valence-corrected chi connectivity index (χ3v) is 5.48. The van der Waals surface area contributed by atoms with Crippen molar-refractivity contribution in [3.8, 4) is 0 Å².